The first-order chi connectivity index (χ1) is 29.8. The summed E-state index contributed by atoms with van der Waals surface area (Å²) in [6, 6.07) is 60.0. The summed E-state index contributed by atoms with van der Waals surface area (Å²) in [4.78, 5) is 10.4. The zero-order valence-electron chi connectivity index (χ0n) is 32.8. The van der Waals surface area contributed by atoms with Crippen LogP contribution in [0.1, 0.15) is 11.1 Å². The van der Waals surface area contributed by atoms with Crippen LogP contribution in [0.3, 0.4) is 0 Å². The number of furan rings is 1. The number of hydrogen-bond donors (Lipinski definition) is 0. The van der Waals surface area contributed by atoms with Crippen molar-refractivity contribution in [2.24, 2.45) is 0 Å². The van der Waals surface area contributed by atoms with E-state index in [1.807, 2.05) is 128 Å². The Kier molecular flexibility index (Phi) is 8.46. The van der Waals surface area contributed by atoms with Crippen LogP contribution in [0.25, 0.3) is 106 Å². The van der Waals surface area contributed by atoms with Crippen molar-refractivity contribution in [2.45, 2.75) is 13.1 Å². The van der Waals surface area contributed by atoms with Gasteiger partial charge < -0.3 is 8.98 Å². The predicted octanol–water partition coefficient (Wildman–Crippen LogP) is 15.1. The van der Waals surface area contributed by atoms with E-state index in [0.29, 0.717) is 22.5 Å². The van der Waals surface area contributed by atoms with Crippen molar-refractivity contribution >= 4 is 43.7 Å². The van der Waals surface area contributed by atoms with Crippen LogP contribution in [0.2, 0.25) is 0 Å². The van der Waals surface area contributed by atoms with Crippen LogP contribution in [0.15, 0.2) is 192 Å². The van der Waals surface area contributed by atoms with E-state index >= 15 is 0 Å². The first kappa shape index (κ1) is 36.3. The van der Waals surface area contributed by atoms with E-state index in [1.165, 1.54) is 12.1 Å². The molecular formula is C54H34F3N3O. The molecule has 0 amide bonds. The molecule has 0 aliphatic heterocycles. The summed E-state index contributed by atoms with van der Waals surface area (Å²) < 4.78 is 52.7. The van der Waals surface area contributed by atoms with Crippen LogP contribution in [0.4, 0.5) is 13.2 Å². The third kappa shape index (κ3) is 6.25. The van der Waals surface area contributed by atoms with Crippen molar-refractivity contribution in [1.82, 2.24) is 14.5 Å². The molecule has 11 rings (SSSR count). The van der Waals surface area contributed by atoms with Gasteiger partial charge in [0.2, 0.25) is 0 Å². The number of fused-ring (bicyclic) bond motifs is 7. The monoisotopic (exact) mass is 797 g/mol. The molecule has 0 fully saturated rings. The van der Waals surface area contributed by atoms with E-state index in [1.54, 1.807) is 6.07 Å². The minimum Gasteiger partial charge on any atom is -0.455 e. The van der Waals surface area contributed by atoms with Crippen molar-refractivity contribution < 1.29 is 17.6 Å². The highest BCUT2D eigenvalue weighted by atomic mass is 19.4. The highest BCUT2D eigenvalue weighted by Gasteiger charge is 2.31. The Morgan fingerprint density at radius 2 is 1.07 bits per heavy atom. The Balaban J connectivity index is 1.29. The number of aryl methyl sites for hydroxylation is 1. The minimum absolute atomic E-state index is 0.402. The normalized spacial score (nSPS) is 11.9. The van der Waals surface area contributed by atoms with Gasteiger partial charge in [0.15, 0.2) is 5.82 Å². The molecule has 11 aromatic rings. The Bertz CT molecular complexity index is 3420. The molecular weight excluding hydrogens is 764 g/mol. The standard InChI is InChI=1S/C54H34F3N3O/c1-33-14-12-19-36(28-33)43-30-38(53-58-45(34-15-4-2-5-16-34)32-46(59-53)35-17-6-3-7-18-35)31-44(37-20-13-21-39(29-37)54(55,56)57)51(43)60-47-24-10-8-23-42(47)50-48(60)27-26-41-40-22-9-11-25-49(40)61-52(41)50/h2-32H,1H3. The average Bonchev–Trinajstić information content (AvgIpc) is 3.84. The molecule has 4 nitrogen and oxygen atoms in total. The van der Waals surface area contributed by atoms with E-state index in [9.17, 15) is 13.2 Å². The molecule has 8 aromatic carbocycles. The molecule has 7 heteroatoms. The number of nitrogens with zero attached hydrogens (tertiary/aromatic N) is 3. The largest absolute Gasteiger partial charge is 0.455 e. The Morgan fingerprint density at radius 3 is 1.74 bits per heavy atom. The summed E-state index contributed by atoms with van der Waals surface area (Å²) in [6.45, 7) is 2.04. The number of hydrogen-bond acceptors (Lipinski definition) is 3. The van der Waals surface area contributed by atoms with Crippen LogP contribution in [-0.2, 0) is 6.18 Å². The molecule has 0 aliphatic rings. The number of rotatable bonds is 6. The summed E-state index contributed by atoms with van der Waals surface area (Å²) in [5, 5.41) is 3.88. The SMILES string of the molecule is Cc1cccc(-c2cc(-c3nc(-c4ccccc4)cc(-c4ccccc4)n3)cc(-c3cccc(C(F)(F)F)c3)c2-n2c3ccccc3c3c4oc5ccccc5c4ccc32)c1. The fourth-order valence-corrected chi connectivity index (χ4v) is 8.69. The lowest BCUT2D eigenvalue weighted by Crippen LogP contribution is -2.06. The molecule has 0 atom stereocenters. The zero-order valence-corrected chi connectivity index (χ0v) is 32.8. The number of halogens is 3. The van der Waals surface area contributed by atoms with Gasteiger partial charge in [-0.2, -0.15) is 13.2 Å². The summed E-state index contributed by atoms with van der Waals surface area (Å²) in [5.74, 6) is 0.445. The van der Waals surface area contributed by atoms with Crippen molar-refractivity contribution in [1.29, 1.82) is 0 Å². The number of para-hydroxylation sites is 2. The average molecular weight is 798 g/mol. The van der Waals surface area contributed by atoms with Crippen LogP contribution < -0.4 is 0 Å². The van der Waals surface area contributed by atoms with E-state index in [-0.39, 0.29) is 0 Å². The van der Waals surface area contributed by atoms with Crippen molar-refractivity contribution in [3.8, 4) is 61.8 Å². The van der Waals surface area contributed by atoms with Gasteiger partial charge in [-0.3, -0.25) is 0 Å². The maximum absolute atomic E-state index is 14.6. The first-order valence-electron chi connectivity index (χ1n) is 20.1. The van der Waals surface area contributed by atoms with Crippen LogP contribution in [-0.4, -0.2) is 14.5 Å². The van der Waals surface area contributed by atoms with Crippen LogP contribution in [0.5, 0.6) is 0 Å². The topological polar surface area (TPSA) is 43.9 Å². The lowest BCUT2D eigenvalue weighted by Gasteiger charge is -2.22. The maximum Gasteiger partial charge on any atom is 0.416 e. The molecule has 0 unspecified atom stereocenters. The number of benzene rings is 8. The lowest BCUT2D eigenvalue weighted by atomic mass is 9.91. The van der Waals surface area contributed by atoms with Gasteiger partial charge in [-0.15, -0.1) is 0 Å². The molecule has 0 radical (unpaired) electrons. The van der Waals surface area contributed by atoms with Gasteiger partial charge in [0.1, 0.15) is 11.2 Å². The Labute approximate surface area is 348 Å². The molecule has 0 saturated heterocycles. The van der Waals surface area contributed by atoms with Gasteiger partial charge >= 0.3 is 6.18 Å². The summed E-state index contributed by atoms with van der Waals surface area (Å²) >= 11 is 0. The second-order valence-electron chi connectivity index (χ2n) is 15.3. The third-order valence-corrected chi connectivity index (χ3v) is 11.5. The molecule has 3 aromatic heterocycles. The van der Waals surface area contributed by atoms with Gasteiger partial charge in [-0.25, -0.2) is 9.97 Å². The van der Waals surface area contributed by atoms with Crippen molar-refractivity contribution in [3.05, 3.63) is 199 Å². The van der Waals surface area contributed by atoms with E-state index in [0.717, 1.165) is 94.7 Å². The molecule has 61 heavy (non-hydrogen) atoms. The smallest absolute Gasteiger partial charge is 0.416 e. The van der Waals surface area contributed by atoms with Gasteiger partial charge in [-0.05, 0) is 72.6 Å². The minimum atomic E-state index is -4.56. The highest BCUT2D eigenvalue weighted by Crippen LogP contribution is 2.47. The van der Waals surface area contributed by atoms with Crippen LogP contribution >= 0.6 is 0 Å². The molecule has 0 saturated carbocycles. The second kappa shape index (κ2) is 14.2. The van der Waals surface area contributed by atoms with E-state index in [2.05, 4.69) is 47.0 Å². The summed E-state index contributed by atoms with van der Waals surface area (Å²) in [7, 11) is 0. The number of alkyl halides is 3. The second-order valence-corrected chi connectivity index (χ2v) is 15.3. The Morgan fingerprint density at radius 1 is 0.475 bits per heavy atom. The van der Waals surface area contributed by atoms with E-state index in [4.69, 9.17) is 14.4 Å². The lowest BCUT2D eigenvalue weighted by molar-refractivity contribution is -0.137. The summed E-state index contributed by atoms with van der Waals surface area (Å²) in [6.07, 6.45) is -4.56. The van der Waals surface area contributed by atoms with Gasteiger partial charge in [0.05, 0.1) is 39.1 Å². The van der Waals surface area contributed by atoms with Gasteiger partial charge in [-0.1, -0.05) is 139 Å². The molecule has 0 bridgehead atoms. The quantitative estimate of drug-likeness (QED) is 0.168. The maximum atomic E-state index is 14.6. The van der Waals surface area contributed by atoms with Gasteiger partial charge in [0, 0.05) is 44.0 Å². The molecule has 292 valence electrons. The van der Waals surface area contributed by atoms with Gasteiger partial charge in [0.25, 0.3) is 0 Å². The molecule has 0 N–H and O–H groups in total. The number of aromatic nitrogens is 3. The highest BCUT2D eigenvalue weighted by molar-refractivity contribution is 6.24. The van der Waals surface area contributed by atoms with Crippen LogP contribution in [0, 0.1) is 6.92 Å². The predicted molar refractivity (Wildman–Crippen MR) is 241 cm³/mol. The van der Waals surface area contributed by atoms with Crippen molar-refractivity contribution in [2.75, 3.05) is 0 Å². The summed E-state index contributed by atoms with van der Waals surface area (Å²) in [5.41, 5.74) is 10.9. The molecule has 0 spiro atoms. The fraction of sp³-hybridized carbons (Fsp3) is 0.0370. The molecule has 0 aliphatic carbocycles. The van der Waals surface area contributed by atoms with Crippen molar-refractivity contribution in [3.63, 3.8) is 0 Å². The third-order valence-electron chi connectivity index (χ3n) is 11.5. The van der Waals surface area contributed by atoms with E-state index < -0.39 is 11.7 Å². The fourth-order valence-electron chi connectivity index (χ4n) is 8.69. The Hall–Kier alpha value is -7.77. The molecule has 3 heterocycles. The zero-order chi connectivity index (χ0) is 41.2. The first-order valence-corrected chi connectivity index (χ1v) is 20.1.